The van der Waals surface area contributed by atoms with Crippen LogP contribution in [-0.4, -0.2) is 55.6 Å². The van der Waals surface area contributed by atoms with Gasteiger partial charge in [-0.15, -0.1) is 0 Å². The first-order valence-electron chi connectivity index (χ1n) is 9.34. The third-order valence-electron chi connectivity index (χ3n) is 4.72. The lowest BCUT2D eigenvalue weighted by Crippen LogP contribution is -2.50. The molecule has 1 aliphatic heterocycles. The van der Waals surface area contributed by atoms with E-state index in [4.69, 9.17) is 11.6 Å². The molecule has 3 rings (SSSR count). The van der Waals surface area contributed by atoms with Gasteiger partial charge in [-0.1, -0.05) is 17.7 Å². The molecular weight excluding hydrogens is 433 g/mol. The quantitative estimate of drug-likeness (QED) is 0.728. The number of halogens is 2. The fourth-order valence-corrected chi connectivity index (χ4v) is 4.71. The highest BCUT2D eigenvalue weighted by Crippen LogP contribution is 2.19. The zero-order valence-electron chi connectivity index (χ0n) is 16.1. The van der Waals surface area contributed by atoms with Crippen LogP contribution in [0.5, 0.6) is 0 Å². The molecule has 0 aromatic heterocycles. The van der Waals surface area contributed by atoms with E-state index in [1.54, 1.807) is 29.2 Å². The molecule has 0 bridgehead atoms. The number of anilines is 1. The maximum atomic E-state index is 13.0. The summed E-state index contributed by atoms with van der Waals surface area (Å²) < 4.78 is 39.6. The maximum absolute atomic E-state index is 13.0. The summed E-state index contributed by atoms with van der Waals surface area (Å²) in [5.41, 5.74) is 0.555. The minimum atomic E-state index is -3.74. The van der Waals surface area contributed by atoms with Crippen LogP contribution in [0.2, 0.25) is 5.02 Å². The van der Waals surface area contributed by atoms with E-state index < -0.39 is 15.8 Å². The fourth-order valence-electron chi connectivity index (χ4n) is 3.10. The van der Waals surface area contributed by atoms with Gasteiger partial charge in [-0.05, 0) is 42.5 Å². The predicted octanol–water partition coefficient (Wildman–Crippen LogP) is 2.73. The highest BCUT2D eigenvalue weighted by Gasteiger charge is 2.30. The number of piperazine rings is 1. The zero-order valence-corrected chi connectivity index (χ0v) is 17.6. The van der Waals surface area contributed by atoms with Crippen molar-refractivity contribution in [2.75, 3.05) is 31.5 Å². The Morgan fingerprint density at radius 1 is 1.00 bits per heavy atom. The van der Waals surface area contributed by atoms with Crippen molar-refractivity contribution >= 4 is 39.1 Å². The molecule has 2 amide bonds. The van der Waals surface area contributed by atoms with Crippen molar-refractivity contribution < 1.29 is 22.4 Å². The van der Waals surface area contributed by atoms with Crippen LogP contribution in [0.4, 0.5) is 10.1 Å². The van der Waals surface area contributed by atoms with Crippen molar-refractivity contribution in [2.45, 2.75) is 17.7 Å². The molecule has 1 saturated heterocycles. The van der Waals surface area contributed by atoms with E-state index in [0.29, 0.717) is 10.7 Å². The fraction of sp³-hybridized carbons (Fsp3) is 0.300. The van der Waals surface area contributed by atoms with E-state index in [2.05, 4.69) is 5.32 Å². The highest BCUT2D eigenvalue weighted by molar-refractivity contribution is 7.89. The van der Waals surface area contributed by atoms with Gasteiger partial charge in [0.1, 0.15) is 5.82 Å². The van der Waals surface area contributed by atoms with Gasteiger partial charge in [-0.25, -0.2) is 12.8 Å². The lowest BCUT2D eigenvalue weighted by Gasteiger charge is -2.34. The SMILES string of the molecule is O=C(CCC(=O)N1CCN(S(=O)(=O)c2ccc(F)cc2)CC1)Nc1cccc(Cl)c1. The molecule has 2 aromatic carbocycles. The number of rotatable bonds is 6. The second kappa shape index (κ2) is 9.55. The topological polar surface area (TPSA) is 86.8 Å². The average Bonchev–Trinajstić information content (AvgIpc) is 2.72. The molecule has 30 heavy (non-hydrogen) atoms. The number of nitrogens with one attached hydrogen (secondary N) is 1. The lowest BCUT2D eigenvalue weighted by atomic mass is 10.2. The third kappa shape index (κ3) is 5.56. The van der Waals surface area contributed by atoms with Gasteiger partial charge in [0.2, 0.25) is 21.8 Å². The first kappa shape index (κ1) is 22.2. The van der Waals surface area contributed by atoms with Crippen molar-refractivity contribution in [3.05, 3.63) is 59.4 Å². The molecule has 0 aliphatic carbocycles. The van der Waals surface area contributed by atoms with Gasteiger partial charge < -0.3 is 10.2 Å². The molecule has 0 atom stereocenters. The Morgan fingerprint density at radius 3 is 2.30 bits per heavy atom. The summed E-state index contributed by atoms with van der Waals surface area (Å²) in [7, 11) is -3.74. The summed E-state index contributed by atoms with van der Waals surface area (Å²) in [6, 6.07) is 11.4. The Hall–Kier alpha value is -2.49. The van der Waals surface area contributed by atoms with Gasteiger partial charge >= 0.3 is 0 Å². The van der Waals surface area contributed by atoms with Gasteiger partial charge in [0, 0.05) is 49.7 Å². The summed E-state index contributed by atoms with van der Waals surface area (Å²) in [5, 5.41) is 3.18. The number of amides is 2. The normalized spacial score (nSPS) is 15.1. The minimum Gasteiger partial charge on any atom is -0.340 e. The second-order valence-electron chi connectivity index (χ2n) is 6.80. The number of nitrogens with zero attached hydrogens (tertiary/aromatic N) is 2. The van der Waals surface area contributed by atoms with Crippen LogP contribution in [0.1, 0.15) is 12.8 Å². The van der Waals surface area contributed by atoms with E-state index in [-0.39, 0.29) is 55.7 Å². The van der Waals surface area contributed by atoms with E-state index >= 15 is 0 Å². The molecule has 10 heteroatoms. The highest BCUT2D eigenvalue weighted by atomic mass is 35.5. The Morgan fingerprint density at radius 2 is 1.67 bits per heavy atom. The summed E-state index contributed by atoms with van der Waals surface area (Å²) in [5.74, 6) is -1.03. The van der Waals surface area contributed by atoms with Crippen LogP contribution in [0.3, 0.4) is 0 Å². The molecule has 0 saturated carbocycles. The number of hydrogen-bond acceptors (Lipinski definition) is 4. The van der Waals surface area contributed by atoms with E-state index in [9.17, 15) is 22.4 Å². The average molecular weight is 454 g/mol. The van der Waals surface area contributed by atoms with Gasteiger partial charge in [-0.2, -0.15) is 4.31 Å². The van der Waals surface area contributed by atoms with Crippen molar-refractivity contribution in [3.8, 4) is 0 Å². The van der Waals surface area contributed by atoms with Crippen LogP contribution in [-0.2, 0) is 19.6 Å². The number of benzene rings is 2. The molecular formula is C20H21ClFN3O4S. The summed E-state index contributed by atoms with van der Waals surface area (Å²) in [4.78, 5) is 26.0. The van der Waals surface area contributed by atoms with Gasteiger partial charge in [-0.3, -0.25) is 9.59 Å². The largest absolute Gasteiger partial charge is 0.340 e. The molecule has 160 valence electrons. The third-order valence-corrected chi connectivity index (χ3v) is 6.87. The molecule has 2 aromatic rings. The first-order chi connectivity index (χ1) is 14.3. The predicted molar refractivity (Wildman–Crippen MR) is 111 cm³/mol. The number of carbonyl (C=O) groups is 2. The zero-order chi connectivity index (χ0) is 21.7. The van der Waals surface area contributed by atoms with Gasteiger partial charge in [0.25, 0.3) is 0 Å². The standard InChI is InChI=1S/C20H21ClFN3O4S/c21-15-2-1-3-17(14-15)23-19(26)8-9-20(27)24-10-12-25(13-11-24)30(28,29)18-6-4-16(22)5-7-18/h1-7,14H,8-13H2,(H,23,26). The molecule has 1 aliphatic rings. The van der Waals surface area contributed by atoms with Crippen molar-refractivity contribution in [3.63, 3.8) is 0 Å². The summed E-state index contributed by atoms with van der Waals surface area (Å²) in [6.45, 7) is 0.741. The van der Waals surface area contributed by atoms with Crippen LogP contribution in [0, 0.1) is 5.82 Å². The van der Waals surface area contributed by atoms with E-state index in [0.717, 1.165) is 12.1 Å². The number of hydrogen-bond donors (Lipinski definition) is 1. The summed E-state index contributed by atoms with van der Waals surface area (Å²) >= 11 is 5.87. The van der Waals surface area contributed by atoms with Gasteiger partial charge in [0.05, 0.1) is 4.90 Å². The lowest BCUT2D eigenvalue weighted by molar-refractivity contribution is -0.133. The molecule has 0 radical (unpaired) electrons. The van der Waals surface area contributed by atoms with Crippen LogP contribution in [0.15, 0.2) is 53.4 Å². The Kier molecular flexibility index (Phi) is 7.06. The van der Waals surface area contributed by atoms with Crippen molar-refractivity contribution in [1.82, 2.24) is 9.21 Å². The van der Waals surface area contributed by atoms with Crippen LogP contribution >= 0.6 is 11.6 Å². The second-order valence-corrected chi connectivity index (χ2v) is 9.17. The smallest absolute Gasteiger partial charge is 0.243 e. The number of sulfonamides is 1. The molecule has 7 nitrogen and oxygen atoms in total. The first-order valence-corrected chi connectivity index (χ1v) is 11.2. The van der Waals surface area contributed by atoms with Crippen LogP contribution in [0.25, 0.3) is 0 Å². The monoisotopic (exact) mass is 453 g/mol. The number of carbonyl (C=O) groups excluding carboxylic acids is 2. The molecule has 0 spiro atoms. The minimum absolute atomic E-state index is 0.0133. The molecule has 1 fully saturated rings. The van der Waals surface area contributed by atoms with E-state index in [1.165, 1.54) is 16.4 Å². The van der Waals surface area contributed by atoms with E-state index in [1.807, 2.05) is 0 Å². The molecule has 1 heterocycles. The Labute approximate surface area is 179 Å². The Bertz CT molecular complexity index is 1020. The van der Waals surface area contributed by atoms with Crippen molar-refractivity contribution in [1.29, 1.82) is 0 Å². The molecule has 0 unspecified atom stereocenters. The maximum Gasteiger partial charge on any atom is 0.243 e. The van der Waals surface area contributed by atoms with Gasteiger partial charge in [0.15, 0.2) is 0 Å². The summed E-state index contributed by atoms with van der Waals surface area (Å²) in [6.07, 6.45) is 0.0382. The van der Waals surface area contributed by atoms with Crippen LogP contribution < -0.4 is 5.32 Å². The molecule has 1 N–H and O–H groups in total. The Balaban J connectivity index is 1.48. The van der Waals surface area contributed by atoms with Crippen molar-refractivity contribution in [2.24, 2.45) is 0 Å².